The molecule has 1 aliphatic rings. The van der Waals surface area contributed by atoms with Gasteiger partial charge in [0.25, 0.3) is 0 Å². The second kappa shape index (κ2) is 7.49. The van der Waals surface area contributed by atoms with Crippen molar-refractivity contribution in [1.82, 2.24) is 10.3 Å². The normalized spacial score (nSPS) is 18.1. The number of amides is 1. The summed E-state index contributed by atoms with van der Waals surface area (Å²) in [4.78, 5) is 17.4. The van der Waals surface area contributed by atoms with Crippen molar-refractivity contribution in [3.05, 3.63) is 47.0 Å². The van der Waals surface area contributed by atoms with Crippen LogP contribution in [0.5, 0.6) is 0 Å². The van der Waals surface area contributed by atoms with Gasteiger partial charge in [0, 0.05) is 36.5 Å². The fraction of sp³-hybridized carbons (Fsp3) is 0.375. The number of hydrogen-bond acceptors (Lipinski definition) is 5. The van der Waals surface area contributed by atoms with Crippen molar-refractivity contribution in [2.24, 2.45) is 0 Å². The van der Waals surface area contributed by atoms with Gasteiger partial charge in [0.1, 0.15) is 0 Å². The van der Waals surface area contributed by atoms with Crippen LogP contribution in [0, 0.1) is 0 Å². The topological polar surface area (TPSA) is 63.2 Å². The van der Waals surface area contributed by atoms with Gasteiger partial charge in [0.2, 0.25) is 5.91 Å². The van der Waals surface area contributed by atoms with E-state index >= 15 is 0 Å². The Morgan fingerprint density at radius 2 is 2.27 bits per heavy atom. The first-order valence-corrected chi connectivity index (χ1v) is 8.21. The van der Waals surface area contributed by atoms with Crippen LogP contribution in [0.15, 0.2) is 36.5 Å². The van der Waals surface area contributed by atoms with E-state index in [1.807, 2.05) is 24.4 Å². The SMILES string of the molecule is O=C(CC1COCCN1)Nc1ncc(Cc2ccccc2)s1. The molecule has 0 radical (unpaired) electrons. The highest BCUT2D eigenvalue weighted by molar-refractivity contribution is 7.15. The Morgan fingerprint density at radius 3 is 3.05 bits per heavy atom. The molecule has 1 aromatic carbocycles. The Bertz CT molecular complexity index is 609. The van der Waals surface area contributed by atoms with E-state index in [4.69, 9.17) is 4.74 Å². The molecule has 22 heavy (non-hydrogen) atoms. The van der Waals surface area contributed by atoms with Crippen LogP contribution in [-0.2, 0) is 16.0 Å². The van der Waals surface area contributed by atoms with Gasteiger partial charge in [0.05, 0.1) is 13.2 Å². The fourth-order valence-electron chi connectivity index (χ4n) is 2.39. The van der Waals surface area contributed by atoms with E-state index in [1.54, 1.807) is 0 Å². The Hall–Kier alpha value is -1.76. The molecule has 2 heterocycles. The number of ether oxygens (including phenoxy) is 1. The summed E-state index contributed by atoms with van der Waals surface area (Å²) in [5, 5.41) is 6.80. The molecule has 1 saturated heterocycles. The van der Waals surface area contributed by atoms with E-state index in [9.17, 15) is 4.79 Å². The van der Waals surface area contributed by atoms with Gasteiger partial charge in [-0.05, 0) is 5.56 Å². The minimum absolute atomic E-state index is 0.0244. The predicted octanol–water partition coefficient (Wildman–Crippen LogP) is 2.05. The van der Waals surface area contributed by atoms with Gasteiger partial charge in [0.15, 0.2) is 5.13 Å². The molecule has 1 amide bonds. The number of nitrogens with one attached hydrogen (secondary N) is 2. The highest BCUT2D eigenvalue weighted by atomic mass is 32.1. The molecule has 2 aromatic rings. The highest BCUT2D eigenvalue weighted by Crippen LogP contribution is 2.21. The number of carbonyl (C=O) groups is 1. The zero-order chi connectivity index (χ0) is 15.2. The molecular weight excluding hydrogens is 298 g/mol. The number of nitrogens with zero attached hydrogens (tertiary/aromatic N) is 1. The second-order valence-electron chi connectivity index (χ2n) is 5.27. The van der Waals surface area contributed by atoms with Crippen LogP contribution < -0.4 is 10.6 Å². The van der Waals surface area contributed by atoms with Crippen LogP contribution >= 0.6 is 11.3 Å². The van der Waals surface area contributed by atoms with E-state index in [0.29, 0.717) is 24.8 Å². The first-order valence-electron chi connectivity index (χ1n) is 7.39. The van der Waals surface area contributed by atoms with Crippen LogP contribution in [0.3, 0.4) is 0 Å². The van der Waals surface area contributed by atoms with E-state index < -0.39 is 0 Å². The number of hydrogen-bond donors (Lipinski definition) is 2. The van der Waals surface area contributed by atoms with Crippen LogP contribution in [0.4, 0.5) is 5.13 Å². The summed E-state index contributed by atoms with van der Waals surface area (Å²) in [5.74, 6) is -0.0244. The third-order valence-electron chi connectivity index (χ3n) is 3.45. The number of anilines is 1. The summed E-state index contributed by atoms with van der Waals surface area (Å²) < 4.78 is 5.35. The number of carbonyl (C=O) groups excluding carboxylic acids is 1. The zero-order valence-corrected chi connectivity index (χ0v) is 13.1. The van der Waals surface area contributed by atoms with Crippen molar-refractivity contribution in [1.29, 1.82) is 0 Å². The predicted molar refractivity (Wildman–Crippen MR) is 87.2 cm³/mol. The standard InChI is InChI=1S/C16H19N3O2S/c20-15(9-13-11-21-7-6-17-13)19-16-18-10-14(22-16)8-12-4-2-1-3-5-12/h1-5,10,13,17H,6-9,11H2,(H,18,19,20). The first kappa shape index (κ1) is 15.1. The van der Waals surface area contributed by atoms with Gasteiger partial charge in [-0.1, -0.05) is 30.3 Å². The molecule has 6 heteroatoms. The van der Waals surface area contributed by atoms with Crippen molar-refractivity contribution < 1.29 is 9.53 Å². The first-order chi connectivity index (χ1) is 10.8. The number of rotatable bonds is 5. The Morgan fingerprint density at radius 1 is 1.41 bits per heavy atom. The van der Waals surface area contributed by atoms with Gasteiger partial charge in [-0.15, -0.1) is 11.3 Å². The number of morpholine rings is 1. The molecule has 116 valence electrons. The molecule has 0 saturated carbocycles. The molecule has 1 fully saturated rings. The Labute approximate surface area is 133 Å². The maximum atomic E-state index is 12.0. The van der Waals surface area contributed by atoms with Crippen molar-refractivity contribution in [3.8, 4) is 0 Å². The minimum Gasteiger partial charge on any atom is -0.378 e. The quantitative estimate of drug-likeness (QED) is 0.886. The second-order valence-corrected chi connectivity index (χ2v) is 6.39. The van der Waals surface area contributed by atoms with Gasteiger partial charge >= 0.3 is 0 Å². The molecule has 0 spiro atoms. The summed E-state index contributed by atoms with van der Waals surface area (Å²) in [7, 11) is 0. The molecule has 1 unspecified atom stereocenters. The largest absolute Gasteiger partial charge is 0.378 e. The third kappa shape index (κ3) is 4.37. The molecule has 0 bridgehead atoms. The molecule has 1 atom stereocenters. The third-order valence-corrected chi connectivity index (χ3v) is 4.36. The van der Waals surface area contributed by atoms with Gasteiger partial charge in [-0.25, -0.2) is 4.98 Å². The lowest BCUT2D eigenvalue weighted by atomic mass is 10.1. The smallest absolute Gasteiger partial charge is 0.227 e. The summed E-state index contributed by atoms with van der Waals surface area (Å²) in [6.45, 7) is 2.11. The summed E-state index contributed by atoms with van der Waals surface area (Å²) >= 11 is 1.52. The van der Waals surface area contributed by atoms with Crippen molar-refractivity contribution >= 4 is 22.4 Å². The molecule has 1 aliphatic heterocycles. The van der Waals surface area contributed by atoms with E-state index in [-0.39, 0.29) is 11.9 Å². The van der Waals surface area contributed by atoms with Crippen molar-refractivity contribution in [2.75, 3.05) is 25.1 Å². The fourth-order valence-corrected chi connectivity index (χ4v) is 3.25. The molecule has 3 rings (SSSR count). The summed E-state index contributed by atoms with van der Waals surface area (Å²) in [6.07, 6.45) is 3.08. The minimum atomic E-state index is -0.0244. The lowest BCUT2D eigenvalue weighted by molar-refractivity contribution is -0.117. The summed E-state index contributed by atoms with van der Waals surface area (Å²) in [5.41, 5.74) is 1.24. The van der Waals surface area contributed by atoms with E-state index in [2.05, 4.69) is 27.8 Å². The molecular formula is C16H19N3O2S. The number of benzene rings is 1. The van der Waals surface area contributed by atoms with Gasteiger partial charge < -0.3 is 15.4 Å². The zero-order valence-electron chi connectivity index (χ0n) is 12.2. The van der Waals surface area contributed by atoms with Crippen LogP contribution in [-0.4, -0.2) is 36.7 Å². The monoisotopic (exact) mass is 317 g/mol. The number of thiazole rings is 1. The maximum absolute atomic E-state index is 12.0. The van der Waals surface area contributed by atoms with Crippen LogP contribution in [0.1, 0.15) is 16.9 Å². The average Bonchev–Trinajstić information content (AvgIpc) is 2.96. The van der Waals surface area contributed by atoms with E-state index in [0.717, 1.165) is 17.8 Å². The Balaban J connectivity index is 1.51. The van der Waals surface area contributed by atoms with Gasteiger partial charge in [-0.2, -0.15) is 0 Å². The lowest BCUT2D eigenvalue weighted by Crippen LogP contribution is -2.43. The maximum Gasteiger partial charge on any atom is 0.227 e. The number of aromatic nitrogens is 1. The van der Waals surface area contributed by atoms with E-state index in [1.165, 1.54) is 16.9 Å². The van der Waals surface area contributed by atoms with Crippen LogP contribution in [0.2, 0.25) is 0 Å². The highest BCUT2D eigenvalue weighted by Gasteiger charge is 2.17. The van der Waals surface area contributed by atoms with Crippen molar-refractivity contribution in [2.45, 2.75) is 18.9 Å². The van der Waals surface area contributed by atoms with Gasteiger partial charge in [-0.3, -0.25) is 4.79 Å². The van der Waals surface area contributed by atoms with Crippen molar-refractivity contribution in [3.63, 3.8) is 0 Å². The molecule has 0 aliphatic carbocycles. The summed E-state index contributed by atoms with van der Waals surface area (Å²) in [6, 6.07) is 10.3. The molecule has 1 aromatic heterocycles. The molecule has 5 nitrogen and oxygen atoms in total. The average molecular weight is 317 g/mol. The Kier molecular flexibility index (Phi) is 5.15. The van der Waals surface area contributed by atoms with Crippen LogP contribution in [0.25, 0.3) is 0 Å². The lowest BCUT2D eigenvalue weighted by Gasteiger charge is -2.22. The molecule has 2 N–H and O–H groups in total.